The minimum Gasteiger partial charge on any atom is -0.481 e. The lowest BCUT2D eigenvalue weighted by atomic mass is 10.0. The summed E-state index contributed by atoms with van der Waals surface area (Å²) < 4.78 is 4.50. The van der Waals surface area contributed by atoms with Gasteiger partial charge in [-0.2, -0.15) is 0 Å². The van der Waals surface area contributed by atoms with Gasteiger partial charge in [0.25, 0.3) is 0 Å². The highest BCUT2D eigenvalue weighted by atomic mass is 32.1. The molecule has 2 N–H and O–H groups in total. The Kier molecular flexibility index (Phi) is 6.46. The molecule has 0 bridgehead atoms. The third-order valence-electron chi connectivity index (χ3n) is 3.82. The van der Waals surface area contributed by atoms with Crippen LogP contribution >= 0.6 is 11.3 Å². The van der Waals surface area contributed by atoms with E-state index in [-0.39, 0.29) is 25.2 Å². The minimum absolute atomic E-state index is 0.0281. The molecule has 1 heterocycles. The second-order valence-corrected chi connectivity index (χ2v) is 6.87. The zero-order valence-corrected chi connectivity index (χ0v) is 15.6. The first-order chi connectivity index (χ1) is 12.3. The molecule has 0 aliphatic heterocycles. The number of ether oxygens (including phenoxy) is 1. The van der Waals surface area contributed by atoms with Gasteiger partial charge in [0, 0.05) is 16.9 Å². The van der Waals surface area contributed by atoms with Gasteiger partial charge in [-0.3, -0.25) is 14.4 Å². The van der Waals surface area contributed by atoms with Gasteiger partial charge in [-0.25, -0.2) is 4.98 Å². The predicted octanol–water partition coefficient (Wildman–Crippen LogP) is 2.95. The van der Waals surface area contributed by atoms with Crippen molar-refractivity contribution in [3.8, 4) is 11.3 Å². The number of aromatic nitrogens is 1. The molecule has 1 amide bonds. The fraction of sp³-hybridized carbons (Fsp3) is 0.333. The summed E-state index contributed by atoms with van der Waals surface area (Å²) in [7, 11) is 1.26. The van der Waals surface area contributed by atoms with Crippen molar-refractivity contribution < 1.29 is 24.2 Å². The average Bonchev–Trinajstić information content (AvgIpc) is 2.96. The number of hydrogen-bond donors (Lipinski definition) is 2. The molecule has 0 unspecified atom stereocenters. The molecule has 1 aromatic carbocycles. The molecule has 138 valence electrons. The summed E-state index contributed by atoms with van der Waals surface area (Å²) >= 11 is 1.12. The van der Waals surface area contributed by atoms with Crippen molar-refractivity contribution in [1.82, 2.24) is 4.98 Å². The van der Waals surface area contributed by atoms with E-state index in [4.69, 9.17) is 5.11 Å². The summed E-state index contributed by atoms with van der Waals surface area (Å²) in [5, 5.41) is 12.1. The number of carboxylic acids is 1. The van der Waals surface area contributed by atoms with Gasteiger partial charge in [-0.15, -0.1) is 11.3 Å². The lowest BCUT2D eigenvalue weighted by Crippen LogP contribution is -2.13. The van der Waals surface area contributed by atoms with Gasteiger partial charge < -0.3 is 15.2 Å². The highest BCUT2D eigenvalue weighted by Crippen LogP contribution is 2.32. The Morgan fingerprint density at radius 2 is 1.92 bits per heavy atom. The normalized spacial score (nSPS) is 10.4. The highest BCUT2D eigenvalue weighted by molar-refractivity contribution is 7.16. The second-order valence-electron chi connectivity index (χ2n) is 5.78. The Bertz CT molecular complexity index is 844. The number of aryl methyl sites for hydroxylation is 2. The lowest BCUT2D eigenvalue weighted by molar-refractivity contribution is -0.141. The summed E-state index contributed by atoms with van der Waals surface area (Å²) in [6.45, 7) is 3.96. The van der Waals surface area contributed by atoms with Crippen LogP contribution in [0.25, 0.3) is 11.3 Å². The van der Waals surface area contributed by atoms with Crippen molar-refractivity contribution in [2.75, 3.05) is 12.4 Å². The molecule has 0 aliphatic carbocycles. The Morgan fingerprint density at radius 3 is 2.54 bits per heavy atom. The third kappa shape index (κ3) is 5.13. The van der Waals surface area contributed by atoms with E-state index in [0.29, 0.717) is 15.7 Å². The van der Waals surface area contributed by atoms with Crippen LogP contribution in [0.1, 0.15) is 28.8 Å². The van der Waals surface area contributed by atoms with Gasteiger partial charge in [0.2, 0.25) is 5.91 Å². The van der Waals surface area contributed by atoms with E-state index in [1.807, 2.05) is 32.0 Å². The zero-order valence-electron chi connectivity index (χ0n) is 14.8. The smallest absolute Gasteiger partial charge is 0.308 e. The topological polar surface area (TPSA) is 106 Å². The van der Waals surface area contributed by atoms with Crippen molar-refractivity contribution in [2.24, 2.45) is 0 Å². The molecule has 0 fully saturated rings. The van der Waals surface area contributed by atoms with Crippen molar-refractivity contribution >= 4 is 34.3 Å². The number of esters is 1. The first-order valence-electron chi connectivity index (χ1n) is 7.96. The van der Waals surface area contributed by atoms with E-state index < -0.39 is 11.9 Å². The van der Waals surface area contributed by atoms with Crippen LogP contribution in [-0.4, -0.2) is 35.0 Å². The summed E-state index contributed by atoms with van der Waals surface area (Å²) in [5.41, 5.74) is 3.54. The van der Waals surface area contributed by atoms with Crippen LogP contribution < -0.4 is 5.32 Å². The molecule has 2 aromatic rings. The lowest BCUT2D eigenvalue weighted by Gasteiger charge is -2.04. The quantitative estimate of drug-likeness (QED) is 0.720. The molecular weight excluding hydrogens is 356 g/mol. The molecule has 1 aromatic heterocycles. The molecule has 7 nitrogen and oxygen atoms in total. The Hall–Kier alpha value is -2.74. The van der Waals surface area contributed by atoms with Crippen molar-refractivity contribution in [3.05, 3.63) is 34.2 Å². The maximum atomic E-state index is 11.9. The van der Waals surface area contributed by atoms with Crippen LogP contribution in [0.5, 0.6) is 0 Å². The van der Waals surface area contributed by atoms with Crippen molar-refractivity contribution in [1.29, 1.82) is 0 Å². The largest absolute Gasteiger partial charge is 0.481 e. The number of nitrogens with zero attached hydrogens (tertiary/aromatic N) is 1. The first-order valence-corrected chi connectivity index (χ1v) is 8.77. The molecule has 2 rings (SSSR count). The molecule has 0 saturated heterocycles. The maximum Gasteiger partial charge on any atom is 0.308 e. The van der Waals surface area contributed by atoms with Gasteiger partial charge in [0.1, 0.15) is 0 Å². The number of carbonyl (C=O) groups excluding carboxylic acids is 2. The molecule has 0 spiro atoms. The zero-order chi connectivity index (χ0) is 19.3. The SMILES string of the molecule is COC(=O)CCC(=O)Nc1nc(-c2ccc(C)c(C)c2)c(CC(=O)O)s1. The first kappa shape index (κ1) is 19.6. The van der Waals surface area contributed by atoms with Gasteiger partial charge >= 0.3 is 11.9 Å². The molecular formula is C18H20N2O5S. The molecule has 0 aliphatic rings. The van der Waals surface area contributed by atoms with Crippen molar-refractivity contribution in [2.45, 2.75) is 33.1 Å². The number of benzene rings is 1. The van der Waals surface area contributed by atoms with E-state index in [1.165, 1.54) is 7.11 Å². The third-order valence-corrected chi connectivity index (χ3v) is 4.79. The summed E-state index contributed by atoms with van der Waals surface area (Å²) in [5.74, 6) is -1.82. The molecule has 8 heteroatoms. The number of carbonyl (C=O) groups is 3. The standard InChI is InChI=1S/C18H20N2O5S/c1-10-4-5-12(8-11(10)2)17-13(9-15(22)23)26-18(20-17)19-14(21)6-7-16(24)25-3/h4-5,8H,6-7,9H2,1-3H3,(H,22,23)(H,19,20,21). The minimum atomic E-state index is -0.970. The van der Waals surface area contributed by atoms with Crippen LogP contribution in [0.15, 0.2) is 18.2 Å². The van der Waals surface area contributed by atoms with Crippen LogP contribution in [-0.2, 0) is 25.5 Å². The number of rotatable bonds is 7. The van der Waals surface area contributed by atoms with E-state index in [0.717, 1.165) is 28.0 Å². The van der Waals surface area contributed by atoms with Crippen molar-refractivity contribution in [3.63, 3.8) is 0 Å². The Balaban J connectivity index is 2.25. The van der Waals surface area contributed by atoms with Crippen LogP contribution in [0, 0.1) is 13.8 Å². The average molecular weight is 376 g/mol. The van der Waals surface area contributed by atoms with E-state index >= 15 is 0 Å². The number of aliphatic carboxylic acids is 1. The Morgan fingerprint density at radius 1 is 1.19 bits per heavy atom. The van der Waals surface area contributed by atoms with E-state index in [1.54, 1.807) is 0 Å². The number of hydrogen-bond acceptors (Lipinski definition) is 6. The molecule has 26 heavy (non-hydrogen) atoms. The van der Waals surface area contributed by atoms with Gasteiger partial charge in [0.15, 0.2) is 5.13 Å². The highest BCUT2D eigenvalue weighted by Gasteiger charge is 2.18. The van der Waals surface area contributed by atoms with Gasteiger partial charge in [-0.1, -0.05) is 12.1 Å². The maximum absolute atomic E-state index is 11.9. The summed E-state index contributed by atoms with van der Waals surface area (Å²) in [4.78, 5) is 39.2. The van der Waals surface area contributed by atoms with Crippen LogP contribution in [0.2, 0.25) is 0 Å². The molecule has 0 saturated carbocycles. The molecule has 0 radical (unpaired) electrons. The number of methoxy groups -OCH3 is 1. The fourth-order valence-corrected chi connectivity index (χ4v) is 3.27. The number of amides is 1. The summed E-state index contributed by atoms with van der Waals surface area (Å²) in [6.07, 6.45) is -0.239. The van der Waals surface area contributed by atoms with Gasteiger partial charge in [0.05, 0.1) is 25.6 Å². The van der Waals surface area contributed by atoms with Crippen LogP contribution in [0.3, 0.4) is 0 Å². The molecule has 0 atom stereocenters. The summed E-state index contributed by atoms with van der Waals surface area (Å²) in [6, 6.07) is 5.77. The van der Waals surface area contributed by atoms with E-state index in [9.17, 15) is 14.4 Å². The number of anilines is 1. The van der Waals surface area contributed by atoms with E-state index in [2.05, 4.69) is 15.0 Å². The number of thiazole rings is 1. The van der Waals surface area contributed by atoms with Crippen LogP contribution in [0.4, 0.5) is 5.13 Å². The second kappa shape index (κ2) is 8.57. The fourth-order valence-electron chi connectivity index (χ4n) is 2.28. The monoisotopic (exact) mass is 376 g/mol. The number of nitrogens with one attached hydrogen (secondary N) is 1. The number of carboxylic acid groups (broad SMARTS) is 1. The predicted molar refractivity (Wildman–Crippen MR) is 98.2 cm³/mol. The van der Waals surface area contributed by atoms with Gasteiger partial charge in [-0.05, 0) is 31.0 Å². The Labute approximate surface area is 155 Å².